The first-order chi connectivity index (χ1) is 14.4. The lowest BCUT2D eigenvalue weighted by Crippen LogP contribution is -2.30. The van der Waals surface area contributed by atoms with E-state index in [9.17, 15) is 8.42 Å². The standard InChI is InChI=1S/C22H27N3O4S/c1-5-19-14-22(23-24(19)2)30(26,27)25(15-17-6-10-20(28-3)11-7-17)16-18-8-12-21(29-4)13-9-18/h6-14H,5,15-16H2,1-4H3. The van der Waals surface area contributed by atoms with Crippen molar-refractivity contribution < 1.29 is 17.9 Å². The van der Waals surface area contributed by atoms with Crippen LogP contribution in [-0.4, -0.2) is 36.7 Å². The van der Waals surface area contributed by atoms with E-state index in [-0.39, 0.29) is 18.1 Å². The molecule has 1 aromatic heterocycles. The SMILES string of the molecule is CCc1cc(S(=O)(=O)N(Cc2ccc(OC)cc2)Cc2ccc(OC)cc2)nn1C. The molecule has 0 N–H and O–H groups in total. The molecule has 0 saturated heterocycles. The molecule has 3 rings (SSSR count). The second-order valence-corrected chi connectivity index (χ2v) is 8.81. The molecule has 3 aromatic rings. The van der Waals surface area contributed by atoms with E-state index in [1.807, 2.05) is 55.5 Å². The number of hydrogen-bond acceptors (Lipinski definition) is 5. The maximum absolute atomic E-state index is 13.5. The molecule has 0 unspecified atom stereocenters. The van der Waals surface area contributed by atoms with E-state index in [0.717, 1.165) is 28.3 Å². The van der Waals surface area contributed by atoms with Gasteiger partial charge in [-0.15, -0.1) is 0 Å². The van der Waals surface area contributed by atoms with Crippen LogP contribution in [0.1, 0.15) is 23.7 Å². The first-order valence-corrected chi connectivity index (χ1v) is 11.1. The summed E-state index contributed by atoms with van der Waals surface area (Å²) >= 11 is 0. The summed E-state index contributed by atoms with van der Waals surface area (Å²) in [7, 11) is 1.16. The quantitative estimate of drug-likeness (QED) is 0.521. The molecule has 0 saturated carbocycles. The van der Waals surface area contributed by atoms with Crippen molar-refractivity contribution in [1.82, 2.24) is 14.1 Å². The molecule has 30 heavy (non-hydrogen) atoms. The highest BCUT2D eigenvalue weighted by molar-refractivity contribution is 7.89. The Morgan fingerprint density at radius 2 is 1.37 bits per heavy atom. The van der Waals surface area contributed by atoms with E-state index in [4.69, 9.17) is 9.47 Å². The van der Waals surface area contributed by atoms with Crippen LogP contribution in [0.3, 0.4) is 0 Å². The first kappa shape index (κ1) is 21.9. The zero-order chi connectivity index (χ0) is 21.7. The molecular formula is C22H27N3O4S. The Balaban J connectivity index is 1.95. The molecule has 1 heterocycles. The van der Waals surface area contributed by atoms with Crippen LogP contribution in [0, 0.1) is 0 Å². The highest BCUT2D eigenvalue weighted by Gasteiger charge is 2.28. The maximum atomic E-state index is 13.5. The predicted octanol–water partition coefficient (Wildman–Crippen LogP) is 3.39. The number of ether oxygens (including phenoxy) is 2. The summed E-state index contributed by atoms with van der Waals surface area (Å²) in [4.78, 5) is 0. The van der Waals surface area contributed by atoms with E-state index in [2.05, 4.69) is 5.10 Å². The number of aryl methyl sites for hydroxylation is 2. The smallest absolute Gasteiger partial charge is 0.262 e. The Morgan fingerprint density at radius 1 is 0.900 bits per heavy atom. The number of sulfonamides is 1. The van der Waals surface area contributed by atoms with Gasteiger partial charge in [0, 0.05) is 25.8 Å². The monoisotopic (exact) mass is 429 g/mol. The van der Waals surface area contributed by atoms with Crippen molar-refractivity contribution in [2.75, 3.05) is 14.2 Å². The van der Waals surface area contributed by atoms with Crippen molar-refractivity contribution in [2.45, 2.75) is 31.5 Å². The fourth-order valence-corrected chi connectivity index (χ4v) is 4.57. The fraction of sp³-hybridized carbons (Fsp3) is 0.318. The van der Waals surface area contributed by atoms with Crippen molar-refractivity contribution in [3.05, 3.63) is 71.4 Å². The lowest BCUT2D eigenvalue weighted by Gasteiger charge is -2.21. The van der Waals surface area contributed by atoms with Gasteiger partial charge in [0.05, 0.1) is 14.2 Å². The Bertz CT molecular complexity index is 1030. The van der Waals surface area contributed by atoms with E-state index in [0.29, 0.717) is 6.42 Å². The highest BCUT2D eigenvalue weighted by atomic mass is 32.2. The van der Waals surface area contributed by atoms with Gasteiger partial charge in [-0.1, -0.05) is 31.2 Å². The predicted molar refractivity (Wildman–Crippen MR) is 115 cm³/mol. The third kappa shape index (κ3) is 4.83. The molecule has 0 fully saturated rings. The van der Waals surface area contributed by atoms with E-state index in [1.54, 1.807) is 32.0 Å². The van der Waals surface area contributed by atoms with Crippen LogP contribution in [-0.2, 0) is 36.6 Å². The van der Waals surface area contributed by atoms with Crippen LogP contribution in [0.4, 0.5) is 0 Å². The summed E-state index contributed by atoms with van der Waals surface area (Å²) in [5.41, 5.74) is 2.58. The van der Waals surface area contributed by atoms with Crippen molar-refractivity contribution in [2.24, 2.45) is 7.05 Å². The normalized spacial score (nSPS) is 11.6. The average Bonchev–Trinajstić information content (AvgIpc) is 3.15. The summed E-state index contributed by atoms with van der Waals surface area (Å²) < 4.78 is 40.4. The van der Waals surface area contributed by atoms with Crippen LogP contribution in [0.25, 0.3) is 0 Å². The van der Waals surface area contributed by atoms with Gasteiger partial charge in [0.1, 0.15) is 11.5 Å². The lowest BCUT2D eigenvalue weighted by atomic mass is 10.2. The van der Waals surface area contributed by atoms with Crippen LogP contribution in [0.5, 0.6) is 11.5 Å². The summed E-state index contributed by atoms with van der Waals surface area (Å²) in [5, 5.41) is 4.32. The molecule has 7 nitrogen and oxygen atoms in total. The van der Waals surface area contributed by atoms with Gasteiger partial charge in [-0.2, -0.15) is 9.40 Å². The zero-order valence-electron chi connectivity index (χ0n) is 17.7. The number of nitrogens with zero attached hydrogens (tertiary/aromatic N) is 3. The molecule has 0 aliphatic rings. The number of benzene rings is 2. The molecule has 2 aromatic carbocycles. The number of aromatic nitrogens is 2. The first-order valence-electron chi connectivity index (χ1n) is 9.66. The largest absolute Gasteiger partial charge is 0.497 e. The number of hydrogen-bond donors (Lipinski definition) is 0. The fourth-order valence-electron chi connectivity index (χ4n) is 3.16. The van der Waals surface area contributed by atoms with Crippen LogP contribution in [0.2, 0.25) is 0 Å². The molecule has 8 heteroatoms. The van der Waals surface area contributed by atoms with Crippen LogP contribution < -0.4 is 9.47 Å². The molecule has 0 radical (unpaired) electrons. The molecule has 0 spiro atoms. The molecule has 0 aliphatic heterocycles. The molecule has 0 atom stereocenters. The third-order valence-electron chi connectivity index (χ3n) is 4.96. The van der Waals surface area contributed by atoms with Gasteiger partial charge in [-0.25, -0.2) is 8.42 Å². The van der Waals surface area contributed by atoms with E-state index < -0.39 is 10.0 Å². The maximum Gasteiger partial charge on any atom is 0.262 e. The van der Waals surface area contributed by atoms with E-state index in [1.165, 1.54) is 4.31 Å². The highest BCUT2D eigenvalue weighted by Crippen LogP contribution is 2.23. The Labute approximate surface area is 177 Å². The van der Waals surface area contributed by atoms with Gasteiger partial charge < -0.3 is 9.47 Å². The van der Waals surface area contributed by atoms with E-state index >= 15 is 0 Å². The molecule has 160 valence electrons. The van der Waals surface area contributed by atoms with Gasteiger partial charge >= 0.3 is 0 Å². The van der Waals surface area contributed by atoms with Gasteiger partial charge in [0.2, 0.25) is 0 Å². The summed E-state index contributed by atoms with van der Waals surface area (Å²) in [5.74, 6) is 1.45. The summed E-state index contributed by atoms with van der Waals surface area (Å²) in [6.45, 7) is 2.41. The molecule has 0 aliphatic carbocycles. The van der Waals surface area contributed by atoms with Gasteiger partial charge in [0.25, 0.3) is 10.0 Å². The lowest BCUT2D eigenvalue weighted by molar-refractivity contribution is 0.395. The molecule has 0 amide bonds. The van der Waals surface area contributed by atoms with Gasteiger partial charge in [-0.05, 0) is 47.9 Å². The second-order valence-electron chi connectivity index (χ2n) is 6.92. The Kier molecular flexibility index (Phi) is 6.79. The van der Waals surface area contributed by atoms with Crippen molar-refractivity contribution in [3.8, 4) is 11.5 Å². The van der Waals surface area contributed by atoms with Crippen molar-refractivity contribution >= 4 is 10.0 Å². The van der Waals surface area contributed by atoms with Crippen molar-refractivity contribution in [1.29, 1.82) is 0 Å². The zero-order valence-corrected chi connectivity index (χ0v) is 18.5. The summed E-state index contributed by atoms with van der Waals surface area (Å²) in [6, 6.07) is 16.4. The van der Waals surface area contributed by atoms with Crippen molar-refractivity contribution in [3.63, 3.8) is 0 Å². The second kappa shape index (κ2) is 9.32. The average molecular weight is 430 g/mol. The van der Waals surface area contributed by atoms with Crippen LogP contribution in [0.15, 0.2) is 59.6 Å². The Hall–Kier alpha value is -2.84. The minimum atomic E-state index is -3.80. The minimum Gasteiger partial charge on any atom is -0.497 e. The van der Waals surface area contributed by atoms with Gasteiger partial charge in [0.15, 0.2) is 5.03 Å². The molecule has 0 bridgehead atoms. The summed E-state index contributed by atoms with van der Waals surface area (Å²) in [6.07, 6.45) is 0.704. The topological polar surface area (TPSA) is 73.7 Å². The number of rotatable bonds is 9. The number of methoxy groups -OCH3 is 2. The third-order valence-corrected chi connectivity index (χ3v) is 6.62. The van der Waals surface area contributed by atoms with Crippen LogP contribution >= 0.6 is 0 Å². The van der Waals surface area contributed by atoms with Gasteiger partial charge in [-0.3, -0.25) is 4.68 Å². The molecular weight excluding hydrogens is 402 g/mol. The minimum absolute atomic E-state index is 0.0591. The Morgan fingerprint density at radius 3 is 1.73 bits per heavy atom.